The van der Waals surface area contributed by atoms with Gasteiger partial charge in [0.15, 0.2) is 0 Å². The minimum atomic E-state index is -3.58. The summed E-state index contributed by atoms with van der Waals surface area (Å²) in [5, 5.41) is 0. The standard InChI is InChI=1S/C13H16FNO3S/c1-10-8-12(2-3-13(10)14)19(17,18)15-6-4-11(9-16)5-7-15/h2-3,8-9,11H,4-7H2,1H3. The predicted octanol–water partition coefficient (Wildman–Crippen LogP) is 1.73. The van der Waals surface area contributed by atoms with Crippen LogP contribution in [0.5, 0.6) is 0 Å². The number of piperidine rings is 1. The topological polar surface area (TPSA) is 54.5 Å². The zero-order chi connectivity index (χ0) is 14.0. The van der Waals surface area contributed by atoms with E-state index in [0.29, 0.717) is 31.5 Å². The molecule has 104 valence electrons. The second-order valence-electron chi connectivity index (χ2n) is 4.79. The molecule has 4 nitrogen and oxygen atoms in total. The quantitative estimate of drug-likeness (QED) is 0.795. The fourth-order valence-corrected chi connectivity index (χ4v) is 3.73. The number of aryl methyl sites for hydroxylation is 1. The molecule has 1 heterocycles. The molecule has 1 aromatic carbocycles. The number of aldehydes is 1. The summed E-state index contributed by atoms with van der Waals surface area (Å²) in [5.74, 6) is -0.472. The van der Waals surface area contributed by atoms with Gasteiger partial charge in [0.1, 0.15) is 12.1 Å². The first-order valence-corrected chi connectivity index (χ1v) is 7.61. The van der Waals surface area contributed by atoms with Crippen molar-refractivity contribution in [3.8, 4) is 0 Å². The molecular weight excluding hydrogens is 269 g/mol. The van der Waals surface area contributed by atoms with E-state index in [1.54, 1.807) is 0 Å². The summed E-state index contributed by atoms with van der Waals surface area (Å²) in [5.41, 5.74) is 0.309. The van der Waals surface area contributed by atoms with Crippen molar-refractivity contribution in [2.75, 3.05) is 13.1 Å². The molecule has 1 aliphatic rings. The van der Waals surface area contributed by atoms with Crippen LogP contribution < -0.4 is 0 Å². The molecule has 0 radical (unpaired) electrons. The average molecular weight is 285 g/mol. The third-order valence-electron chi connectivity index (χ3n) is 3.46. The van der Waals surface area contributed by atoms with E-state index in [2.05, 4.69) is 0 Å². The predicted molar refractivity (Wildman–Crippen MR) is 68.7 cm³/mol. The van der Waals surface area contributed by atoms with Crippen molar-refractivity contribution in [1.82, 2.24) is 4.31 Å². The number of sulfonamides is 1. The van der Waals surface area contributed by atoms with Crippen molar-refractivity contribution < 1.29 is 17.6 Å². The highest BCUT2D eigenvalue weighted by Crippen LogP contribution is 2.24. The SMILES string of the molecule is Cc1cc(S(=O)(=O)N2CCC(C=O)CC2)ccc1F. The van der Waals surface area contributed by atoms with Crippen molar-refractivity contribution in [1.29, 1.82) is 0 Å². The average Bonchev–Trinajstić information content (AvgIpc) is 2.41. The van der Waals surface area contributed by atoms with Crippen LogP contribution in [0.3, 0.4) is 0 Å². The first-order chi connectivity index (χ1) is 8.95. The highest BCUT2D eigenvalue weighted by Gasteiger charge is 2.29. The van der Waals surface area contributed by atoms with E-state index in [1.165, 1.54) is 29.4 Å². The van der Waals surface area contributed by atoms with Crippen LogP contribution in [0.4, 0.5) is 4.39 Å². The molecule has 0 aromatic heterocycles. The normalized spacial score (nSPS) is 18.4. The highest BCUT2D eigenvalue weighted by atomic mass is 32.2. The van der Waals surface area contributed by atoms with Gasteiger partial charge in [-0.25, -0.2) is 12.8 Å². The first-order valence-electron chi connectivity index (χ1n) is 6.17. The summed E-state index contributed by atoms with van der Waals surface area (Å²) >= 11 is 0. The van der Waals surface area contributed by atoms with Gasteiger partial charge in [0.05, 0.1) is 4.90 Å². The van der Waals surface area contributed by atoms with E-state index in [4.69, 9.17) is 0 Å². The molecule has 0 unspecified atom stereocenters. The Morgan fingerprint density at radius 1 is 1.32 bits per heavy atom. The number of nitrogens with zero attached hydrogens (tertiary/aromatic N) is 1. The Hall–Kier alpha value is -1.27. The van der Waals surface area contributed by atoms with Crippen molar-refractivity contribution in [2.24, 2.45) is 5.92 Å². The molecule has 1 saturated heterocycles. The maximum Gasteiger partial charge on any atom is 0.243 e. The Labute approximate surface area is 112 Å². The van der Waals surface area contributed by atoms with Gasteiger partial charge >= 0.3 is 0 Å². The summed E-state index contributed by atoms with van der Waals surface area (Å²) in [6.07, 6.45) is 1.97. The molecule has 0 N–H and O–H groups in total. The highest BCUT2D eigenvalue weighted by molar-refractivity contribution is 7.89. The van der Waals surface area contributed by atoms with Gasteiger partial charge in [0, 0.05) is 19.0 Å². The van der Waals surface area contributed by atoms with E-state index in [9.17, 15) is 17.6 Å². The van der Waals surface area contributed by atoms with E-state index >= 15 is 0 Å². The molecule has 1 aliphatic heterocycles. The van der Waals surface area contributed by atoms with Gasteiger partial charge in [-0.15, -0.1) is 0 Å². The number of benzene rings is 1. The van der Waals surface area contributed by atoms with Gasteiger partial charge in [-0.3, -0.25) is 0 Å². The number of halogens is 1. The minimum Gasteiger partial charge on any atom is -0.303 e. The fourth-order valence-electron chi connectivity index (χ4n) is 2.18. The largest absolute Gasteiger partial charge is 0.303 e. The van der Waals surface area contributed by atoms with Crippen LogP contribution in [0, 0.1) is 18.7 Å². The zero-order valence-electron chi connectivity index (χ0n) is 10.7. The number of hydrogen-bond donors (Lipinski definition) is 0. The van der Waals surface area contributed by atoms with Crippen LogP contribution in [0.1, 0.15) is 18.4 Å². The van der Waals surface area contributed by atoms with Gasteiger partial charge in [0.25, 0.3) is 0 Å². The van der Waals surface area contributed by atoms with Crippen LogP contribution in [0.2, 0.25) is 0 Å². The van der Waals surface area contributed by atoms with Crippen LogP contribution in [0.15, 0.2) is 23.1 Å². The lowest BCUT2D eigenvalue weighted by atomic mass is 10.0. The third-order valence-corrected chi connectivity index (χ3v) is 5.35. The van der Waals surface area contributed by atoms with Crippen LogP contribution >= 0.6 is 0 Å². The van der Waals surface area contributed by atoms with Gasteiger partial charge in [0.2, 0.25) is 10.0 Å². The molecule has 1 aromatic rings. The molecule has 0 atom stereocenters. The van der Waals surface area contributed by atoms with Crippen LogP contribution in [0.25, 0.3) is 0 Å². The zero-order valence-corrected chi connectivity index (χ0v) is 11.5. The summed E-state index contributed by atoms with van der Waals surface area (Å²) in [6, 6.07) is 3.79. The van der Waals surface area contributed by atoms with Crippen molar-refractivity contribution >= 4 is 16.3 Å². The van der Waals surface area contributed by atoms with Gasteiger partial charge < -0.3 is 4.79 Å². The Morgan fingerprint density at radius 2 is 1.95 bits per heavy atom. The van der Waals surface area contributed by atoms with Crippen molar-refractivity contribution in [2.45, 2.75) is 24.7 Å². The first kappa shape index (κ1) is 14.1. The third kappa shape index (κ3) is 2.84. The number of rotatable bonds is 3. The molecule has 2 rings (SSSR count). The molecule has 0 amide bonds. The summed E-state index contributed by atoms with van der Waals surface area (Å²) < 4.78 is 39.3. The molecule has 6 heteroatoms. The van der Waals surface area contributed by atoms with Gasteiger partial charge in [-0.2, -0.15) is 4.31 Å². The fraction of sp³-hybridized carbons (Fsp3) is 0.462. The molecule has 0 aliphatic carbocycles. The summed E-state index contributed by atoms with van der Waals surface area (Å²) in [6.45, 7) is 2.21. The Morgan fingerprint density at radius 3 is 2.47 bits per heavy atom. The van der Waals surface area contributed by atoms with Gasteiger partial charge in [-0.05, 0) is 43.5 Å². The lowest BCUT2D eigenvalue weighted by Crippen LogP contribution is -2.38. The van der Waals surface area contributed by atoms with E-state index in [-0.39, 0.29) is 10.8 Å². The number of carbonyl (C=O) groups excluding carboxylic acids is 1. The van der Waals surface area contributed by atoms with Gasteiger partial charge in [-0.1, -0.05) is 0 Å². The second-order valence-corrected chi connectivity index (χ2v) is 6.73. The molecule has 0 bridgehead atoms. The molecular formula is C13H16FNO3S. The molecule has 0 spiro atoms. The van der Waals surface area contributed by atoms with E-state index < -0.39 is 15.8 Å². The lowest BCUT2D eigenvalue weighted by molar-refractivity contribution is -0.112. The minimum absolute atomic E-state index is 0.0543. The Balaban J connectivity index is 2.23. The van der Waals surface area contributed by atoms with E-state index in [0.717, 1.165) is 6.29 Å². The van der Waals surface area contributed by atoms with E-state index in [1.807, 2.05) is 0 Å². The van der Waals surface area contributed by atoms with Crippen molar-refractivity contribution in [3.05, 3.63) is 29.6 Å². The lowest BCUT2D eigenvalue weighted by Gasteiger charge is -2.28. The molecule has 19 heavy (non-hydrogen) atoms. The molecule has 0 saturated carbocycles. The monoisotopic (exact) mass is 285 g/mol. The van der Waals surface area contributed by atoms with Crippen LogP contribution in [-0.2, 0) is 14.8 Å². The molecule has 1 fully saturated rings. The van der Waals surface area contributed by atoms with Crippen molar-refractivity contribution in [3.63, 3.8) is 0 Å². The summed E-state index contributed by atoms with van der Waals surface area (Å²) in [7, 11) is -3.58. The smallest absolute Gasteiger partial charge is 0.243 e. The summed E-state index contributed by atoms with van der Waals surface area (Å²) in [4.78, 5) is 10.8. The van der Waals surface area contributed by atoms with Crippen LogP contribution in [-0.4, -0.2) is 32.1 Å². The Kier molecular flexibility index (Phi) is 4.01. The maximum atomic E-state index is 13.2. The maximum absolute atomic E-state index is 13.2. The Bertz CT molecular complexity index is 578. The second kappa shape index (κ2) is 5.38. The number of carbonyl (C=O) groups is 1. The number of hydrogen-bond acceptors (Lipinski definition) is 3.